The second-order valence-corrected chi connectivity index (χ2v) is 8.02. The Morgan fingerprint density at radius 3 is 2.57 bits per heavy atom. The molecule has 0 saturated carbocycles. The second-order valence-electron chi connectivity index (χ2n) is 7.04. The Morgan fingerprint density at radius 2 is 1.86 bits per heavy atom. The molecule has 0 atom stereocenters. The van der Waals surface area contributed by atoms with Crippen LogP contribution in [-0.4, -0.2) is 35.7 Å². The summed E-state index contributed by atoms with van der Waals surface area (Å²) in [6.45, 7) is 2.44. The fraction of sp³-hybridized carbons (Fsp3) is 0.476. The maximum atomic E-state index is 12.2. The predicted octanol–water partition coefficient (Wildman–Crippen LogP) is 4.45. The minimum atomic E-state index is -2.38. The van der Waals surface area contributed by atoms with Crippen LogP contribution in [0.5, 0.6) is 0 Å². The highest BCUT2D eigenvalue weighted by molar-refractivity contribution is 7.98. The number of likely N-dealkylation sites (tertiary alicyclic amines) is 1. The lowest BCUT2D eigenvalue weighted by Gasteiger charge is -2.31. The number of carbonyl (C=O) groups is 1. The third-order valence-electron chi connectivity index (χ3n) is 4.88. The molecule has 2 aromatic rings. The van der Waals surface area contributed by atoms with E-state index in [1.807, 2.05) is 36.4 Å². The van der Waals surface area contributed by atoms with Gasteiger partial charge >= 0.3 is 0 Å². The van der Waals surface area contributed by atoms with Crippen LogP contribution in [0.25, 0.3) is 0 Å². The minimum absolute atomic E-state index is 0.106. The summed E-state index contributed by atoms with van der Waals surface area (Å²) in [7, 11) is 0. The first-order chi connectivity index (χ1) is 13.6. The van der Waals surface area contributed by atoms with Gasteiger partial charge in [-0.25, -0.2) is 0 Å². The summed E-state index contributed by atoms with van der Waals surface area (Å²) < 4.78 is 30.1. The fourth-order valence-corrected chi connectivity index (χ4v) is 3.83. The first-order valence-corrected chi connectivity index (χ1v) is 10.7. The first-order valence-electron chi connectivity index (χ1n) is 9.61. The number of benzene rings is 1. The van der Waals surface area contributed by atoms with E-state index in [1.165, 1.54) is 5.56 Å². The summed E-state index contributed by atoms with van der Waals surface area (Å²) in [5.74, 6) is -0.699. The zero-order valence-electron chi connectivity index (χ0n) is 15.8. The molecule has 0 radical (unpaired) electrons. The Kier molecular flexibility index (Phi) is 7.91. The van der Waals surface area contributed by atoms with Crippen LogP contribution < -0.4 is 5.32 Å². The van der Waals surface area contributed by atoms with Crippen molar-refractivity contribution in [2.24, 2.45) is 0 Å². The van der Waals surface area contributed by atoms with E-state index in [2.05, 4.69) is 10.2 Å². The van der Waals surface area contributed by atoms with Crippen LogP contribution in [0.1, 0.15) is 36.3 Å². The Morgan fingerprint density at radius 1 is 1.14 bits per heavy atom. The molecule has 28 heavy (non-hydrogen) atoms. The third kappa shape index (κ3) is 6.95. The standard InChI is InChI=1S/C21H26F2N2O2S/c22-21(23)28-15-19-8-7-18(27-19)14-25-12-10-17(11-13-25)24-20(26)9-6-16-4-2-1-3-5-16/h1-5,7-8,17,21H,6,9-15H2,(H,24,26). The highest BCUT2D eigenvalue weighted by Gasteiger charge is 2.21. The molecule has 1 aromatic carbocycles. The summed E-state index contributed by atoms with van der Waals surface area (Å²) in [4.78, 5) is 14.4. The van der Waals surface area contributed by atoms with Crippen molar-refractivity contribution in [3.05, 3.63) is 59.5 Å². The number of alkyl halides is 2. The number of thioether (sulfide) groups is 1. The Hall–Kier alpha value is -1.86. The monoisotopic (exact) mass is 408 g/mol. The number of halogens is 2. The number of hydrogen-bond acceptors (Lipinski definition) is 4. The quantitative estimate of drug-likeness (QED) is 0.666. The van der Waals surface area contributed by atoms with Crippen molar-refractivity contribution in [2.75, 3.05) is 13.1 Å². The molecule has 0 aliphatic carbocycles. The highest BCUT2D eigenvalue weighted by Crippen LogP contribution is 2.22. The van der Waals surface area contributed by atoms with E-state index in [0.717, 1.165) is 38.1 Å². The lowest BCUT2D eigenvalue weighted by Crippen LogP contribution is -2.44. The molecule has 1 aromatic heterocycles. The molecule has 7 heteroatoms. The van der Waals surface area contributed by atoms with E-state index >= 15 is 0 Å². The first kappa shape index (κ1) is 20.9. The van der Waals surface area contributed by atoms with Gasteiger partial charge in [-0.05, 0) is 37.0 Å². The summed E-state index contributed by atoms with van der Waals surface area (Å²) >= 11 is 0.571. The molecule has 1 N–H and O–H groups in total. The van der Waals surface area contributed by atoms with Gasteiger partial charge in [-0.1, -0.05) is 42.1 Å². The van der Waals surface area contributed by atoms with Crippen molar-refractivity contribution >= 4 is 17.7 Å². The van der Waals surface area contributed by atoms with Gasteiger partial charge in [0.05, 0.1) is 12.3 Å². The van der Waals surface area contributed by atoms with Crippen molar-refractivity contribution in [1.82, 2.24) is 10.2 Å². The van der Waals surface area contributed by atoms with Gasteiger partial charge in [0.15, 0.2) is 0 Å². The van der Waals surface area contributed by atoms with Crippen LogP contribution in [0.2, 0.25) is 0 Å². The van der Waals surface area contributed by atoms with Crippen LogP contribution in [0.3, 0.4) is 0 Å². The van der Waals surface area contributed by atoms with Gasteiger partial charge in [0.25, 0.3) is 5.76 Å². The molecule has 1 aliphatic heterocycles. The summed E-state index contributed by atoms with van der Waals surface area (Å²) in [6, 6.07) is 13.9. The van der Waals surface area contributed by atoms with E-state index in [4.69, 9.17) is 4.42 Å². The maximum absolute atomic E-state index is 12.2. The summed E-state index contributed by atoms with van der Waals surface area (Å²) in [6.07, 6.45) is 3.09. The third-order valence-corrected chi connectivity index (χ3v) is 5.59. The number of hydrogen-bond donors (Lipinski definition) is 1. The minimum Gasteiger partial charge on any atom is -0.464 e. The van der Waals surface area contributed by atoms with E-state index in [-0.39, 0.29) is 17.7 Å². The highest BCUT2D eigenvalue weighted by atomic mass is 32.2. The molecular formula is C21H26F2N2O2S. The number of nitrogens with one attached hydrogen (secondary N) is 1. The van der Waals surface area contributed by atoms with E-state index in [9.17, 15) is 13.6 Å². The Labute approximate surface area is 168 Å². The molecule has 0 bridgehead atoms. The molecule has 1 aliphatic rings. The molecule has 2 heterocycles. The van der Waals surface area contributed by atoms with Crippen molar-refractivity contribution in [3.63, 3.8) is 0 Å². The SMILES string of the molecule is O=C(CCc1ccccc1)NC1CCN(Cc2ccc(CSC(F)F)o2)CC1. The van der Waals surface area contributed by atoms with Gasteiger partial charge in [0, 0.05) is 25.6 Å². The van der Waals surface area contributed by atoms with Gasteiger partial charge in [0.2, 0.25) is 5.91 Å². The number of rotatable bonds is 9. The maximum Gasteiger partial charge on any atom is 0.284 e. The Balaban J connectivity index is 1.34. The zero-order valence-corrected chi connectivity index (χ0v) is 16.6. The average Bonchev–Trinajstić information content (AvgIpc) is 3.14. The summed E-state index contributed by atoms with van der Waals surface area (Å²) in [5, 5.41) is 3.14. The zero-order chi connectivity index (χ0) is 19.8. The number of carbonyl (C=O) groups excluding carboxylic acids is 1. The molecule has 0 unspecified atom stereocenters. The van der Waals surface area contributed by atoms with Crippen molar-refractivity contribution in [1.29, 1.82) is 0 Å². The number of piperidine rings is 1. The molecule has 1 amide bonds. The smallest absolute Gasteiger partial charge is 0.284 e. The molecule has 1 saturated heterocycles. The second kappa shape index (κ2) is 10.6. The molecule has 3 rings (SSSR count). The summed E-state index contributed by atoms with van der Waals surface area (Å²) in [5.41, 5.74) is 1.18. The van der Waals surface area contributed by atoms with Crippen LogP contribution in [0, 0.1) is 0 Å². The van der Waals surface area contributed by atoms with Crippen LogP contribution in [0.15, 0.2) is 46.9 Å². The van der Waals surface area contributed by atoms with Crippen molar-refractivity contribution in [3.8, 4) is 0 Å². The number of furan rings is 1. The van der Waals surface area contributed by atoms with Gasteiger partial charge in [-0.15, -0.1) is 0 Å². The molecule has 0 spiro atoms. The van der Waals surface area contributed by atoms with Gasteiger partial charge in [0.1, 0.15) is 11.5 Å². The van der Waals surface area contributed by atoms with E-state index < -0.39 is 5.76 Å². The predicted molar refractivity (Wildman–Crippen MR) is 107 cm³/mol. The van der Waals surface area contributed by atoms with E-state index in [1.54, 1.807) is 6.07 Å². The van der Waals surface area contributed by atoms with Gasteiger partial charge in [-0.3, -0.25) is 9.69 Å². The number of amides is 1. The topological polar surface area (TPSA) is 45.5 Å². The van der Waals surface area contributed by atoms with Crippen molar-refractivity contribution in [2.45, 2.75) is 49.8 Å². The van der Waals surface area contributed by atoms with E-state index in [0.29, 0.717) is 30.5 Å². The fourth-order valence-electron chi connectivity index (χ4n) is 3.39. The molecule has 1 fully saturated rings. The average molecular weight is 409 g/mol. The van der Waals surface area contributed by atoms with Crippen molar-refractivity contribution < 1.29 is 18.0 Å². The van der Waals surface area contributed by atoms with Gasteiger partial charge in [-0.2, -0.15) is 8.78 Å². The van der Waals surface area contributed by atoms with Gasteiger partial charge < -0.3 is 9.73 Å². The number of aryl methyl sites for hydroxylation is 1. The van der Waals surface area contributed by atoms with Crippen LogP contribution in [-0.2, 0) is 23.5 Å². The van der Waals surface area contributed by atoms with Crippen LogP contribution in [0.4, 0.5) is 8.78 Å². The lowest BCUT2D eigenvalue weighted by molar-refractivity contribution is -0.122. The normalized spacial score (nSPS) is 15.8. The largest absolute Gasteiger partial charge is 0.464 e. The lowest BCUT2D eigenvalue weighted by atomic mass is 10.0. The molecule has 152 valence electrons. The molecule has 4 nitrogen and oxygen atoms in total. The van der Waals surface area contributed by atoms with Crippen LogP contribution >= 0.6 is 11.8 Å². The molecular weight excluding hydrogens is 382 g/mol. The number of nitrogens with zero attached hydrogens (tertiary/aromatic N) is 1. The Bertz CT molecular complexity index is 731.